The number of aromatic nitrogens is 3. The van der Waals surface area contributed by atoms with Crippen LogP contribution >= 0.6 is 0 Å². The molecule has 0 fully saturated rings. The smallest absolute Gasteiger partial charge is 0.0980 e. The molecule has 3 rings (SSSR count). The predicted octanol–water partition coefficient (Wildman–Crippen LogP) is 3.20. The Bertz CT molecular complexity index is 583. The van der Waals surface area contributed by atoms with Crippen LogP contribution in [0.3, 0.4) is 0 Å². The van der Waals surface area contributed by atoms with Gasteiger partial charge in [0, 0.05) is 46.5 Å². The van der Waals surface area contributed by atoms with Gasteiger partial charge in [0.1, 0.15) is 0 Å². The van der Waals surface area contributed by atoms with Crippen LogP contribution in [-0.2, 0) is 22.4 Å². The molecule has 3 aromatic rings. The summed E-state index contributed by atoms with van der Waals surface area (Å²) in [5.74, 6) is 0. The van der Waals surface area contributed by atoms with Crippen LogP contribution in [0.15, 0.2) is 67.1 Å². The molecule has 97 valence electrons. The molecule has 19 heavy (non-hydrogen) atoms. The third-order valence-electron chi connectivity index (χ3n) is 2.66. The molecule has 3 nitrogen and oxygen atoms in total. The van der Waals surface area contributed by atoms with Crippen LogP contribution < -0.4 is 0 Å². The fourth-order valence-electron chi connectivity index (χ4n) is 1.84. The quantitative estimate of drug-likeness (QED) is 0.587. The van der Waals surface area contributed by atoms with Gasteiger partial charge in [-0.2, -0.15) is 0 Å². The molecule has 0 aromatic carbocycles. The van der Waals surface area contributed by atoms with Crippen molar-refractivity contribution in [2.75, 3.05) is 0 Å². The van der Waals surface area contributed by atoms with E-state index in [9.17, 15) is 0 Å². The maximum Gasteiger partial charge on any atom is 0.0980 e. The summed E-state index contributed by atoms with van der Waals surface area (Å²) >= 11 is 0. The van der Waals surface area contributed by atoms with Crippen molar-refractivity contribution in [3.8, 4) is 22.6 Å². The van der Waals surface area contributed by atoms with Crippen LogP contribution in [0, 0.1) is 0 Å². The van der Waals surface area contributed by atoms with Gasteiger partial charge in [0.2, 0.25) is 0 Å². The van der Waals surface area contributed by atoms with Gasteiger partial charge in [-0.1, -0.05) is 12.1 Å². The van der Waals surface area contributed by atoms with Crippen LogP contribution in [0.4, 0.5) is 0 Å². The van der Waals surface area contributed by atoms with Crippen molar-refractivity contribution in [3.63, 3.8) is 0 Å². The molecule has 0 spiro atoms. The van der Waals surface area contributed by atoms with Crippen LogP contribution in [0.25, 0.3) is 22.6 Å². The summed E-state index contributed by atoms with van der Waals surface area (Å²) in [5, 5.41) is 0. The minimum absolute atomic E-state index is 0. The van der Waals surface area contributed by atoms with Crippen molar-refractivity contribution < 1.29 is 22.4 Å². The van der Waals surface area contributed by atoms with E-state index >= 15 is 0 Å². The van der Waals surface area contributed by atoms with Gasteiger partial charge >= 0.3 is 0 Å². The van der Waals surface area contributed by atoms with Gasteiger partial charge < -0.3 is 0 Å². The number of rotatable bonds is 2. The van der Waals surface area contributed by atoms with Crippen molar-refractivity contribution >= 4 is 0 Å². The van der Waals surface area contributed by atoms with Gasteiger partial charge in [-0.05, 0) is 36.4 Å². The van der Waals surface area contributed by atoms with Gasteiger partial charge in [0.25, 0.3) is 0 Å². The first kappa shape index (κ1) is 13.6. The van der Waals surface area contributed by atoms with E-state index in [1.54, 1.807) is 18.6 Å². The zero-order valence-corrected chi connectivity index (χ0v) is 12.2. The molecule has 0 N–H and O–H groups in total. The SMILES string of the molecule is [Au].c1ccc(-c2cccnc2-c2ccccn2)nc1. The molecule has 0 bridgehead atoms. The molecule has 0 aliphatic carbocycles. The predicted molar refractivity (Wildman–Crippen MR) is 70.7 cm³/mol. The number of hydrogen-bond acceptors (Lipinski definition) is 3. The van der Waals surface area contributed by atoms with Gasteiger partial charge in [-0.25, -0.2) is 0 Å². The monoisotopic (exact) mass is 430 g/mol. The third kappa shape index (κ3) is 2.96. The second-order valence-corrected chi connectivity index (χ2v) is 3.83. The normalized spacial score (nSPS) is 9.68. The minimum atomic E-state index is 0. The van der Waals surface area contributed by atoms with Crippen molar-refractivity contribution in [2.45, 2.75) is 0 Å². The molecule has 4 heteroatoms. The summed E-state index contributed by atoms with van der Waals surface area (Å²) in [6, 6.07) is 15.6. The second kappa shape index (κ2) is 6.38. The summed E-state index contributed by atoms with van der Waals surface area (Å²) in [7, 11) is 0. The summed E-state index contributed by atoms with van der Waals surface area (Å²) in [6.07, 6.45) is 5.33. The Balaban J connectivity index is 0.00000133. The van der Waals surface area contributed by atoms with Crippen LogP contribution in [0.5, 0.6) is 0 Å². The van der Waals surface area contributed by atoms with E-state index in [0.717, 1.165) is 22.6 Å². The average Bonchev–Trinajstić information content (AvgIpc) is 2.49. The summed E-state index contributed by atoms with van der Waals surface area (Å²) in [4.78, 5) is 13.1. The number of hydrogen-bond donors (Lipinski definition) is 0. The first-order chi connectivity index (χ1) is 8.95. The van der Waals surface area contributed by atoms with Gasteiger partial charge in [0.15, 0.2) is 0 Å². The molecule has 0 saturated heterocycles. The number of pyridine rings is 3. The van der Waals surface area contributed by atoms with Crippen LogP contribution in [0.2, 0.25) is 0 Å². The first-order valence-electron chi connectivity index (χ1n) is 5.73. The molecule has 3 aromatic heterocycles. The maximum absolute atomic E-state index is 4.42. The van der Waals surface area contributed by atoms with E-state index < -0.39 is 0 Å². The average molecular weight is 430 g/mol. The Labute approximate surface area is 127 Å². The van der Waals surface area contributed by atoms with Gasteiger partial charge in [0.05, 0.1) is 17.1 Å². The summed E-state index contributed by atoms with van der Waals surface area (Å²) < 4.78 is 0. The molecule has 3 heterocycles. The molecule has 0 atom stereocenters. The fourth-order valence-corrected chi connectivity index (χ4v) is 1.84. The Hall–Kier alpha value is -1.81. The largest absolute Gasteiger partial charge is 0.256 e. The Kier molecular flexibility index (Phi) is 4.58. The van der Waals surface area contributed by atoms with Crippen LogP contribution in [0.1, 0.15) is 0 Å². The Morgan fingerprint density at radius 2 is 1.21 bits per heavy atom. The van der Waals surface area contributed by atoms with Gasteiger partial charge in [-0.15, -0.1) is 0 Å². The van der Waals surface area contributed by atoms with Crippen molar-refractivity contribution in [2.24, 2.45) is 0 Å². The molecular formula is C15H11AuN3. The number of nitrogens with zero attached hydrogens (tertiary/aromatic N) is 3. The maximum atomic E-state index is 4.42. The fraction of sp³-hybridized carbons (Fsp3) is 0. The molecule has 1 radical (unpaired) electrons. The first-order valence-corrected chi connectivity index (χ1v) is 5.73. The molecule has 0 amide bonds. The minimum Gasteiger partial charge on any atom is -0.256 e. The van der Waals surface area contributed by atoms with E-state index in [2.05, 4.69) is 15.0 Å². The molecule has 0 unspecified atom stereocenters. The van der Waals surface area contributed by atoms with Crippen molar-refractivity contribution in [1.82, 2.24) is 15.0 Å². The molecule has 0 aliphatic heterocycles. The molecule has 0 aliphatic rings. The zero-order chi connectivity index (χ0) is 12.2. The standard InChI is InChI=1S/C15H11N3.Au/c1-3-9-16-13(7-1)12-6-5-11-18-15(12)14-8-2-4-10-17-14;/h1-11H;. The zero-order valence-electron chi connectivity index (χ0n) is 9.99. The van der Waals surface area contributed by atoms with E-state index in [1.807, 2.05) is 48.5 Å². The topological polar surface area (TPSA) is 38.7 Å². The van der Waals surface area contributed by atoms with Crippen molar-refractivity contribution in [1.29, 1.82) is 0 Å². The Morgan fingerprint density at radius 3 is 1.84 bits per heavy atom. The second-order valence-electron chi connectivity index (χ2n) is 3.83. The van der Waals surface area contributed by atoms with E-state index in [4.69, 9.17) is 0 Å². The van der Waals surface area contributed by atoms with Crippen LogP contribution in [-0.4, -0.2) is 15.0 Å². The summed E-state index contributed by atoms with van der Waals surface area (Å²) in [5.41, 5.74) is 3.62. The third-order valence-corrected chi connectivity index (χ3v) is 2.66. The van der Waals surface area contributed by atoms with Gasteiger partial charge in [-0.3, -0.25) is 15.0 Å². The molecular weight excluding hydrogens is 419 g/mol. The van der Waals surface area contributed by atoms with E-state index in [1.165, 1.54) is 0 Å². The van der Waals surface area contributed by atoms with Crippen molar-refractivity contribution in [3.05, 3.63) is 67.1 Å². The van der Waals surface area contributed by atoms with E-state index in [-0.39, 0.29) is 22.4 Å². The Morgan fingerprint density at radius 1 is 0.579 bits per heavy atom. The van der Waals surface area contributed by atoms with E-state index in [0.29, 0.717) is 0 Å². The molecule has 0 saturated carbocycles. The summed E-state index contributed by atoms with van der Waals surface area (Å²) in [6.45, 7) is 0.